The molecule has 30 heavy (non-hydrogen) atoms. The summed E-state index contributed by atoms with van der Waals surface area (Å²) in [7, 11) is -3.54. The quantitative estimate of drug-likeness (QED) is 0.610. The first-order chi connectivity index (χ1) is 14.5. The van der Waals surface area contributed by atoms with Gasteiger partial charge < -0.3 is 9.32 Å². The highest BCUT2D eigenvalue weighted by Crippen LogP contribution is 2.31. The van der Waals surface area contributed by atoms with Gasteiger partial charge in [0.1, 0.15) is 16.2 Å². The number of piperidine rings is 1. The highest BCUT2D eigenvalue weighted by atomic mass is 32.2. The number of para-hydroxylation sites is 2. The van der Waals surface area contributed by atoms with E-state index in [9.17, 15) is 8.42 Å². The van der Waals surface area contributed by atoms with Crippen molar-refractivity contribution in [2.45, 2.75) is 56.4 Å². The number of hydrogen-bond acceptors (Lipinski definition) is 6. The van der Waals surface area contributed by atoms with Crippen molar-refractivity contribution in [2.24, 2.45) is 0 Å². The van der Waals surface area contributed by atoms with E-state index in [1.54, 1.807) is 12.1 Å². The third-order valence-electron chi connectivity index (χ3n) is 5.82. The summed E-state index contributed by atoms with van der Waals surface area (Å²) in [5, 5.41) is 0. The average Bonchev–Trinajstić information content (AvgIpc) is 3.22. The number of fused-ring (bicyclic) bond motifs is 1. The predicted molar refractivity (Wildman–Crippen MR) is 117 cm³/mol. The minimum Gasteiger partial charge on any atom is -0.440 e. The first kappa shape index (κ1) is 20.8. The van der Waals surface area contributed by atoms with Crippen LogP contribution in [0.2, 0.25) is 0 Å². The Hall–Kier alpha value is -2.45. The molecule has 8 heteroatoms. The van der Waals surface area contributed by atoms with Crippen LogP contribution in [0.25, 0.3) is 11.1 Å². The van der Waals surface area contributed by atoms with E-state index in [0.717, 1.165) is 61.6 Å². The van der Waals surface area contributed by atoms with E-state index in [0.29, 0.717) is 0 Å². The summed E-state index contributed by atoms with van der Waals surface area (Å²) >= 11 is 0. The van der Waals surface area contributed by atoms with Gasteiger partial charge in [0.25, 0.3) is 0 Å². The standard InChI is InChI=1S/C22H28N4O3S/c1-3-17(4-2)25-30(27,28)18-9-10-21(23-15-18)26-13-11-16(12-14-26)22-24-19-7-5-6-8-20(19)29-22/h5-10,15-17,25H,3-4,11-14H2,1-2H3. The molecule has 0 bridgehead atoms. The molecular weight excluding hydrogens is 400 g/mol. The number of nitrogens with one attached hydrogen (secondary N) is 1. The molecule has 7 nitrogen and oxygen atoms in total. The molecule has 0 aliphatic carbocycles. The number of sulfonamides is 1. The van der Waals surface area contributed by atoms with Crippen molar-refractivity contribution in [3.63, 3.8) is 0 Å². The number of aromatic nitrogens is 2. The van der Waals surface area contributed by atoms with E-state index >= 15 is 0 Å². The number of nitrogens with zero attached hydrogens (tertiary/aromatic N) is 3. The fourth-order valence-electron chi connectivity index (χ4n) is 3.88. The van der Waals surface area contributed by atoms with Gasteiger partial charge in [0.05, 0.1) is 0 Å². The number of anilines is 1. The van der Waals surface area contributed by atoms with Gasteiger partial charge in [-0.1, -0.05) is 26.0 Å². The van der Waals surface area contributed by atoms with Crippen LogP contribution in [0, 0.1) is 0 Å². The molecule has 0 radical (unpaired) electrons. The molecule has 1 fully saturated rings. The summed E-state index contributed by atoms with van der Waals surface area (Å²) in [5.41, 5.74) is 1.73. The Labute approximate surface area is 177 Å². The third kappa shape index (κ3) is 4.34. The molecule has 0 amide bonds. The fraction of sp³-hybridized carbons (Fsp3) is 0.455. The Balaban J connectivity index is 1.40. The van der Waals surface area contributed by atoms with Gasteiger partial charge in [-0.3, -0.25) is 0 Å². The smallest absolute Gasteiger partial charge is 0.242 e. The molecule has 160 valence electrons. The highest BCUT2D eigenvalue weighted by Gasteiger charge is 2.26. The second-order valence-electron chi connectivity index (χ2n) is 7.77. The lowest BCUT2D eigenvalue weighted by Gasteiger charge is -2.31. The topological polar surface area (TPSA) is 88.3 Å². The van der Waals surface area contributed by atoms with E-state index in [-0.39, 0.29) is 16.9 Å². The van der Waals surface area contributed by atoms with Crippen LogP contribution < -0.4 is 9.62 Å². The number of oxazole rings is 1. The summed E-state index contributed by atoms with van der Waals surface area (Å²) in [6, 6.07) is 11.2. The Morgan fingerprint density at radius 1 is 1.13 bits per heavy atom. The van der Waals surface area contributed by atoms with Crippen LogP contribution in [0.1, 0.15) is 51.3 Å². The van der Waals surface area contributed by atoms with Gasteiger partial charge >= 0.3 is 0 Å². The molecule has 3 heterocycles. The van der Waals surface area contributed by atoms with Crippen molar-refractivity contribution < 1.29 is 12.8 Å². The summed E-state index contributed by atoms with van der Waals surface area (Å²) < 4.78 is 33.8. The minimum absolute atomic E-state index is 0.0550. The molecule has 1 aromatic carbocycles. The lowest BCUT2D eigenvalue weighted by Crippen LogP contribution is -2.35. The van der Waals surface area contributed by atoms with E-state index in [4.69, 9.17) is 4.42 Å². The lowest BCUT2D eigenvalue weighted by atomic mass is 9.97. The van der Waals surface area contributed by atoms with Gasteiger partial charge in [-0.05, 0) is 49.9 Å². The van der Waals surface area contributed by atoms with Gasteiger partial charge in [0, 0.05) is 31.2 Å². The SMILES string of the molecule is CCC(CC)NS(=O)(=O)c1ccc(N2CCC(c3nc4ccccc4o3)CC2)nc1. The van der Waals surface area contributed by atoms with Gasteiger partial charge in [-0.25, -0.2) is 23.1 Å². The van der Waals surface area contributed by atoms with Crippen LogP contribution in [-0.4, -0.2) is 37.5 Å². The molecule has 4 rings (SSSR count). The predicted octanol–water partition coefficient (Wildman–Crippen LogP) is 4.07. The van der Waals surface area contributed by atoms with E-state index < -0.39 is 10.0 Å². The summed E-state index contributed by atoms with van der Waals surface area (Å²) in [5.74, 6) is 1.89. The van der Waals surface area contributed by atoms with Crippen molar-refractivity contribution in [2.75, 3.05) is 18.0 Å². The minimum atomic E-state index is -3.54. The molecular formula is C22H28N4O3S. The van der Waals surface area contributed by atoms with Crippen LogP contribution in [0.15, 0.2) is 51.9 Å². The molecule has 0 unspecified atom stereocenters. The largest absolute Gasteiger partial charge is 0.440 e. The average molecular weight is 429 g/mol. The molecule has 0 atom stereocenters. The maximum absolute atomic E-state index is 12.5. The molecule has 3 aromatic rings. The fourth-order valence-corrected chi connectivity index (χ4v) is 5.23. The monoisotopic (exact) mass is 428 g/mol. The Morgan fingerprint density at radius 2 is 1.87 bits per heavy atom. The number of rotatable bonds is 7. The van der Waals surface area contributed by atoms with Crippen LogP contribution in [0.4, 0.5) is 5.82 Å². The molecule has 1 N–H and O–H groups in total. The van der Waals surface area contributed by atoms with Crippen LogP contribution in [0.5, 0.6) is 0 Å². The molecule has 2 aromatic heterocycles. The zero-order valence-corrected chi connectivity index (χ0v) is 18.2. The zero-order valence-electron chi connectivity index (χ0n) is 17.4. The summed E-state index contributed by atoms with van der Waals surface area (Å²) in [6.45, 7) is 5.61. The Kier molecular flexibility index (Phi) is 6.06. The molecule has 1 saturated heterocycles. The number of hydrogen-bond donors (Lipinski definition) is 1. The first-order valence-corrected chi connectivity index (χ1v) is 12.1. The summed E-state index contributed by atoms with van der Waals surface area (Å²) in [4.78, 5) is 11.5. The molecule has 0 spiro atoms. The number of pyridine rings is 1. The zero-order chi connectivity index (χ0) is 21.1. The first-order valence-electron chi connectivity index (χ1n) is 10.6. The third-order valence-corrected chi connectivity index (χ3v) is 7.32. The second kappa shape index (κ2) is 8.73. The van der Waals surface area contributed by atoms with Crippen LogP contribution in [-0.2, 0) is 10.0 Å². The highest BCUT2D eigenvalue weighted by molar-refractivity contribution is 7.89. The summed E-state index contributed by atoms with van der Waals surface area (Å²) in [6.07, 6.45) is 4.81. The maximum Gasteiger partial charge on any atom is 0.242 e. The number of benzene rings is 1. The van der Waals surface area contributed by atoms with E-state index in [2.05, 4.69) is 19.6 Å². The second-order valence-corrected chi connectivity index (χ2v) is 9.48. The molecule has 1 aliphatic rings. The van der Waals surface area contributed by atoms with Gasteiger partial charge in [-0.15, -0.1) is 0 Å². The van der Waals surface area contributed by atoms with E-state index in [1.165, 1.54) is 6.20 Å². The molecule has 0 saturated carbocycles. The normalized spacial score (nSPS) is 15.9. The van der Waals surface area contributed by atoms with Crippen LogP contribution >= 0.6 is 0 Å². The Morgan fingerprint density at radius 3 is 2.50 bits per heavy atom. The van der Waals surface area contributed by atoms with Gasteiger partial charge in [-0.2, -0.15) is 0 Å². The van der Waals surface area contributed by atoms with Crippen molar-refractivity contribution >= 4 is 26.9 Å². The van der Waals surface area contributed by atoms with Crippen LogP contribution in [0.3, 0.4) is 0 Å². The van der Waals surface area contributed by atoms with Crippen molar-refractivity contribution in [1.29, 1.82) is 0 Å². The van der Waals surface area contributed by atoms with Crippen molar-refractivity contribution in [3.8, 4) is 0 Å². The van der Waals surface area contributed by atoms with E-state index in [1.807, 2.05) is 38.1 Å². The maximum atomic E-state index is 12.5. The van der Waals surface area contributed by atoms with Gasteiger partial charge in [0.2, 0.25) is 10.0 Å². The van der Waals surface area contributed by atoms with Crippen molar-refractivity contribution in [3.05, 3.63) is 48.5 Å². The Bertz CT molecular complexity index is 1050. The lowest BCUT2D eigenvalue weighted by molar-refractivity contribution is 0.406. The van der Waals surface area contributed by atoms with Crippen molar-refractivity contribution in [1.82, 2.24) is 14.7 Å². The molecule has 1 aliphatic heterocycles. The van der Waals surface area contributed by atoms with Gasteiger partial charge in [0.15, 0.2) is 11.5 Å².